The number of benzene rings is 2. The minimum absolute atomic E-state index is 0.00199. The van der Waals surface area contributed by atoms with E-state index in [9.17, 15) is 9.59 Å². The highest BCUT2D eigenvalue weighted by molar-refractivity contribution is 5.88. The molecule has 2 aromatic rings. The van der Waals surface area contributed by atoms with E-state index >= 15 is 0 Å². The minimum Gasteiger partial charge on any atom is -0.352 e. The van der Waals surface area contributed by atoms with E-state index < -0.39 is 6.04 Å². The molecule has 0 saturated heterocycles. The van der Waals surface area contributed by atoms with Crippen LogP contribution in [0.1, 0.15) is 73.3 Å². The summed E-state index contributed by atoms with van der Waals surface area (Å²) >= 11 is 0. The Balaban J connectivity index is 1.83. The number of nitrogens with one attached hydrogen (secondary N) is 1. The number of hydrogen-bond donors (Lipinski definition) is 1. The SMILES string of the molecule is CCC(C(=O)NC1CCCCC1)N(Cc1cccc(C)c1)C(=O)Cc1cc(C)cc(C)c1. The van der Waals surface area contributed by atoms with Gasteiger partial charge in [-0.25, -0.2) is 0 Å². The van der Waals surface area contributed by atoms with Gasteiger partial charge in [-0.3, -0.25) is 9.59 Å². The average molecular weight is 435 g/mol. The van der Waals surface area contributed by atoms with E-state index in [0.717, 1.165) is 40.7 Å². The first-order chi connectivity index (χ1) is 15.4. The van der Waals surface area contributed by atoms with Gasteiger partial charge >= 0.3 is 0 Å². The van der Waals surface area contributed by atoms with Gasteiger partial charge in [-0.05, 0) is 51.2 Å². The predicted octanol–water partition coefficient (Wildman–Crippen LogP) is 5.41. The van der Waals surface area contributed by atoms with Crippen molar-refractivity contribution in [2.75, 3.05) is 0 Å². The van der Waals surface area contributed by atoms with Crippen LogP contribution in [0, 0.1) is 20.8 Å². The van der Waals surface area contributed by atoms with Crippen molar-refractivity contribution in [3.05, 3.63) is 70.3 Å². The van der Waals surface area contributed by atoms with Crippen molar-refractivity contribution in [2.45, 2.75) is 91.3 Å². The summed E-state index contributed by atoms with van der Waals surface area (Å²) in [6.07, 6.45) is 6.57. The van der Waals surface area contributed by atoms with Gasteiger partial charge in [0.25, 0.3) is 0 Å². The molecule has 2 amide bonds. The second-order valence-electron chi connectivity index (χ2n) is 9.45. The molecular weight excluding hydrogens is 396 g/mol. The van der Waals surface area contributed by atoms with Crippen LogP contribution < -0.4 is 5.32 Å². The standard InChI is InChI=1S/C28H38N2O2/c1-5-26(28(32)29-25-12-7-6-8-13-25)30(19-23-11-9-10-20(2)15-23)27(31)18-24-16-21(3)14-22(4)17-24/h9-11,14-17,25-26H,5-8,12-13,18-19H2,1-4H3,(H,29,32). The maximum Gasteiger partial charge on any atom is 0.243 e. The maximum atomic E-state index is 13.6. The van der Waals surface area contributed by atoms with Crippen molar-refractivity contribution in [2.24, 2.45) is 0 Å². The van der Waals surface area contributed by atoms with Crippen LogP contribution in [-0.4, -0.2) is 28.8 Å². The molecule has 1 unspecified atom stereocenters. The topological polar surface area (TPSA) is 49.4 Å². The summed E-state index contributed by atoms with van der Waals surface area (Å²) < 4.78 is 0. The van der Waals surface area contributed by atoms with Crippen molar-refractivity contribution in [3.63, 3.8) is 0 Å². The molecule has 2 aromatic carbocycles. The number of hydrogen-bond acceptors (Lipinski definition) is 2. The van der Waals surface area contributed by atoms with Gasteiger partial charge in [-0.1, -0.05) is 85.3 Å². The van der Waals surface area contributed by atoms with Crippen LogP contribution in [0.4, 0.5) is 0 Å². The molecule has 0 radical (unpaired) electrons. The van der Waals surface area contributed by atoms with Crippen LogP contribution in [0.25, 0.3) is 0 Å². The van der Waals surface area contributed by atoms with Crippen LogP contribution in [0.5, 0.6) is 0 Å². The zero-order valence-electron chi connectivity index (χ0n) is 20.1. The molecule has 1 atom stereocenters. The Labute approximate surface area is 193 Å². The predicted molar refractivity (Wildman–Crippen MR) is 130 cm³/mol. The molecule has 32 heavy (non-hydrogen) atoms. The van der Waals surface area contributed by atoms with Gasteiger partial charge in [0.2, 0.25) is 11.8 Å². The lowest BCUT2D eigenvalue weighted by atomic mass is 9.95. The lowest BCUT2D eigenvalue weighted by Gasteiger charge is -2.33. The molecule has 1 aliphatic carbocycles. The summed E-state index contributed by atoms with van der Waals surface area (Å²) in [5, 5.41) is 3.25. The summed E-state index contributed by atoms with van der Waals surface area (Å²) in [5.74, 6) is -0.0111. The third-order valence-electron chi connectivity index (χ3n) is 6.41. The smallest absolute Gasteiger partial charge is 0.243 e. The highest BCUT2D eigenvalue weighted by atomic mass is 16.2. The molecular formula is C28H38N2O2. The molecule has 4 nitrogen and oxygen atoms in total. The number of carbonyl (C=O) groups is 2. The average Bonchev–Trinajstić information content (AvgIpc) is 2.73. The van der Waals surface area contributed by atoms with E-state index in [1.807, 2.05) is 19.1 Å². The Morgan fingerprint density at radius 3 is 2.22 bits per heavy atom. The number of aryl methyl sites for hydroxylation is 3. The quantitative estimate of drug-likeness (QED) is 0.604. The second kappa shape index (κ2) is 11.3. The summed E-state index contributed by atoms with van der Waals surface area (Å²) in [4.78, 5) is 28.7. The molecule has 0 spiro atoms. The molecule has 0 aliphatic heterocycles. The lowest BCUT2D eigenvalue weighted by molar-refractivity contribution is -0.141. The summed E-state index contributed by atoms with van der Waals surface area (Å²) in [6, 6.07) is 14.2. The Hall–Kier alpha value is -2.62. The van der Waals surface area contributed by atoms with Crippen LogP contribution in [0.3, 0.4) is 0 Å². The molecule has 0 heterocycles. The van der Waals surface area contributed by atoms with Gasteiger partial charge in [-0.15, -0.1) is 0 Å². The van der Waals surface area contributed by atoms with Gasteiger partial charge < -0.3 is 10.2 Å². The fourth-order valence-electron chi connectivity index (χ4n) is 4.92. The van der Waals surface area contributed by atoms with Crippen LogP contribution in [0.15, 0.2) is 42.5 Å². The van der Waals surface area contributed by atoms with Crippen molar-refractivity contribution < 1.29 is 9.59 Å². The van der Waals surface area contributed by atoms with Crippen molar-refractivity contribution in [1.29, 1.82) is 0 Å². The highest BCUT2D eigenvalue weighted by Gasteiger charge is 2.30. The first-order valence-electron chi connectivity index (χ1n) is 12.1. The van der Waals surface area contributed by atoms with Gasteiger partial charge in [-0.2, -0.15) is 0 Å². The van der Waals surface area contributed by atoms with E-state index in [4.69, 9.17) is 0 Å². The molecule has 1 N–H and O–H groups in total. The van der Waals surface area contributed by atoms with Crippen molar-refractivity contribution >= 4 is 11.8 Å². The molecule has 172 valence electrons. The summed E-state index contributed by atoms with van der Waals surface area (Å²) in [6.45, 7) is 8.61. The highest BCUT2D eigenvalue weighted by Crippen LogP contribution is 2.20. The maximum absolute atomic E-state index is 13.6. The van der Waals surface area contributed by atoms with E-state index in [-0.39, 0.29) is 17.9 Å². The molecule has 3 rings (SSSR count). The fraction of sp³-hybridized carbons (Fsp3) is 0.500. The Bertz CT molecular complexity index is 911. The lowest BCUT2D eigenvalue weighted by Crippen LogP contribution is -2.52. The second-order valence-corrected chi connectivity index (χ2v) is 9.45. The molecule has 4 heteroatoms. The first-order valence-corrected chi connectivity index (χ1v) is 12.1. The molecule has 1 saturated carbocycles. The first kappa shape index (κ1) is 24.0. The minimum atomic E-state index is -0.462. The zero-order valence-corrected chi connectivity index (χ0v) is 20.1. The Morgan fingerprint density at radius 1 is 0.938 bits per heavy atom. The molecule has 1 aliphatic rings. The van der Waals surface area contributed by atoms with E-state index in [1.54, 1.807) is 4.90 Å². The number of nitrogens with zero attached hydrogens (tertiary/aromatic N) is 1. The summed E-state index contributed by atoms with van der Waals surface area (Å²) in [7, 11) is 0. The van der Waals surface area contributed by atoms with Crippen molar-refractivity contribution in [1.82, 2.24) is 10.2 Å². The number of amides is 2. The zero-order chi connectivity index (χ0) is 23.1. The van der Waals surface area contributed by atoms with E-state index in [1.165, 1.54) is 19.3 Å². The molecule has 1 fully saturated rings. The van der Waals surface area contributed by atoms with Gasteiger partial charge in [0.05, 0.1) is 6.42 Å². The van der Waals surface area contributed by atoms with E-state index in [0.29, 0.717) is 19.4 Å². The third-order valence-corrected chi connectivity index (χ3v) is 6.41. The monoisotopic (exact) mass is 434 g/mol. The Morgan fingerprint density at radius 2 is 1.59 bits per heavy atom. The van der Waals surface area contributed by atoms with E-state index in [2.05, 4.69) is 56.4 Å². The number of rotatable bonds is 8. The fourth-order valence-corrected chi connectivity index (χ4v) is 4.92. The van der Waals surface area contributed by atoms with Gasteiger partial charge in [0, 0.05) is 12.6 Å². The van der Waals surface area contributed by atoms with Crippen LogP contribution >= 0.6 is 0 Å². The van der Waals surface area contributed by atoms with Crippen LogP contribution in [-0.2, 0) is 22.6 Å². The normalized spacial score (nSPS) is 15.2. The Kier molecular flexibility index (Phi) is 8.49. The van der Waals surface area contributed by atoms with Gasteiger partial charge in [0.1, 0.15) is 6.04 Å². The van der Waals surface area contributed by atoms with Crippen LogP contribution in [0.2, 0.25) is 0 Å². The molecule has 0 bridgehead atoms. The molecule has 0 aromatic heterocycles. The van der Waals surface area contributed by atoms with Crippen molar-refractivity contribution in [3.8, 4) is 0 Å². The van der Waals surface area contributed by atoms with Gasteiger partial charge in [0.15, 0.2) is 0 Å². The largest absolute Gasteiger partial charge is 0.352 e. The number of carbonyl (C=O) groups excluding carboxylic acids is 2. The summed E-state index contributed by atoms with van der Waals surface area (Å²) in [5.41, 5.74) is 5.52. The third kappa shape index (κ3) is 6.69.